The molecule has 0 spiro atoms. The van der Waals surface area contributed by atoms with E-state index in [1.54, 1.807) is 6.07 Å². The van der Waals surface area contributed by atoms with Gasteiger partial charge >= 0.3 is 5.97 Å². The monoisotopic (exact) mass is 237 g/mol. The molecule has 0 saturated carbocycles. The number of rotatable bonds is 2. The lowest BCUT2D eigenvalue weighted by molar-refractivity contribution is -0.142. The molecule has 1 saturated heterocycles. The molecule has 1 unspecified atom stereocenters. The van der Waals surface area contributed by atoms with E-state index >= 15 is 0 Å². The van der Waals surface area contributed by atoms with E-state index in [2.05, 4.69) is 0 Å². The second-order valence-electron chi connectivity index (χ2n) is 4.21. The fourth-order valence-corrected chi connectivity index (χ4v) is 2.16. The molecule has 5 heteroatoms. The van der Waals surface area contributed by atoms with Crippen LogP contribution in [0.1, 0.15) is 36.0 Å². The van der Waals surface area contributed by atoms with Gasteiger partial charge in [0.25, 0.3) is 5.91 Å². The fraction of sp³-hybridized carbons (Fsp3) is 0.500. The minimum Gasteiger partial charge on any atom is -0.480 e. The Morgan fingerprint density at radius 2 is 2.18 bits per heavy atom. The third kappa shape index (κ3) is 2.49. The minimum absolute atomic E-state index is 0.256. The van der Waals surface area contributed by atoms with Gasteiger partial charge in [-0.2, -0.15) is 0 Å². The van der Waals surface area contributed by atoms with Gasteiger partial charge < -0.3 is 14.4 Å². The van der Waals surface area contributed by atoms with Crippen molar-refractivity contribution < 1.29 is 19.1 Å². The lowest BCUT2D eigenvalue weighted by Crippen LogP contribution is -2.44. The predicted octanol–water partition coefficient (Wildman–Crippen LogP) is 1.75. The van der Waals surface area contributed by atoms with Crippen LogP contribution in [0.15, 0.2) is 23.0 Å². The number of aliphatic carboxylic acids is 1. The van der Waals surface area contributed by atoms with Gasteiger partial charge in [-0.3, -0.25) is 4.79 Å². The molecule has 1 amide bonds. The summed E-state index contributed by atoms with van der Waals surface area (Å²) in [5.41, 5.74) is 0.415. The molecule has 1 N–H and O–H groups in total. The summed E-state index contributed by atoms with van der Waals surface area (Å²) in [5.74, 6) is -1.18. The van der Waals surface area contributed by atoms with Gasteiger partial charge in [0, 0.05) is 6.54 Å². The summed E-state index contributed by atoms with van der Waals surface area (Å²) in [6.07, 6.45) is 5.98. The Bertz CT molecular complexity index is 399. The number of carboxylic acids is 1. The number of amides is 1. The smallest absolute Gasteiger partial charge is 0.326 e. The summed E-state index contributed by atoms with van der Waals surface area (Å²) < 4.78 is 4.86. The van der Waals surface area contributed by atoms with Crippen LogP contribution < -0.4 is 0 Å². The first kappa shape index (κ1) is 11.7. The molecule has 92 valence electrons. The molecular weight excluding hydrogens is 222 g/mol. The van der Waals surface area contributed by atoms with Crippen molar-refractivity contribution in [3.8, 4) is 0 Å². The van der Waals surface area contributed by atoms with Crippen LogP contribution in [0.5, 0.6) is 0 Å². The quantitative estimate of drug-likeness (QED) is 0.850. The molecule has 1 atom stereocenters. The van der Waals surface area contributed by atoms with Crippen LogP contribution in [-0.2, 0) is 4.79 Å². The number of carboxylic acid groups (broad SMARTS) is 1. The van der Waals surface area contributed by atoms with Crippen molar-refractivity contribution in [2.45, 2.75) is 31.7 Å². The highest BCUT2D eigenvalue weighted by atomic mass is 16.4. The molecule has 2 heterocycles. The number of furan rings is 1. The topological polar surface area (TPSA) is 70.8 Å². The van der Waals surface area contributed by atoms with E-state index in [4.69, 9.17) is 9.52 Å². The van der Waals surface area contributed by atoms with Gasteiger partial charge in [-0.05, 0) is 18.9 Å². The second-order valence-corrected chi connectivity index (χ2v) is 4.21. The Hall–Kier alpha value is -1.78. The molecule has 1 aliphatic rings. The standard InChI is InChI=1S/C12H15NO4/c14-11(9-5-7-17-8-9)13-6-3-1-2-4-10(13)12(15)16/h5,7-8,10H,1-4,6H2,(H,15,16). The molecule has 5 nitrogen and oxygen atoms in total. The van der Waals surface area contributed by atoms with Gasteiger partial charge in [-0.15, -0.1) is 0 Å². The number of likely N-dealkylation sites (tertiary alicyclic amines) is 1. The van der Waals surface area contributed by atoms with E-state index in [1.807, 2.05) is 0 Å². The lowest BCUT2D eigenvalue weighted by Gasteiger charge is -2.26. The van der Waals surface area contributed by atoms with Crippen LogP contribution in [-0.4, -0.2) is 34.5 Å². The zero-order chi connectivity index (χ0) is 12.3. The van der Waals surface area contributed by atoms with E-state index in [1.165, 1.54) is 17.4 Å². The normalized spacial score (nSPS) is 20.9. The minimum atomic E-state index is -0.927. The Balaban J connectivity index is 2.20. The molecule has 1 aliphatic heterocycles. The molecule has 0 radical (unpaired) electrons. The van der Waals surface area contributed by atoms with Crippen LogP contribution in [0.25, 0.3) is 0 Å². The van der Waals surface area contributed by atoms with Gasteiger partial charge in [0.15, 0.2) is 0 Å². The van der Waals surface area contributed by atoms with Crippen LogP contribution in [0, 0.1) is 0 Å². The number of carbonyl (C=O) groups is 2. The molecule has 2 rings (SSSR count). The summed E-state index contributed by atoms with van der Waals surface area (Å²) in [6, 6.07) is 0.853. The van der Waals surface area contributed by atoms with Gasteiger partial charge in [-0.1, -0.05) is 12.8 Å². The molecule has 0 aliphatic carbocycles. The molecule has 0 aromatic carbocycles. The van der Waals surface area contributed by atoms with Crippen molar-refractivity contribution in [3.05, 3.63) is 24.2 Å². The van der Waals surface area contributed by atoms with Crippen molar-refractivity contribution in [3.63, 3.8) is 0 Å². The summed E-state index contributed by atoms with van der Waals surface area (Å²) >= 11 is 0. The van der Waals surface area contributed by atoms with Crippen LogP contribution in [0.4, 0.5) is 0 Å². The zero-order valence-electron chi connectivity index (χ0n) is 9.46. The predicted molar refractivity (Wildman–Crippen MR) is 59.6 cm³/mol. The molecule has 1 fully saturated rings. The first-order valence-corrected chi connectivity index (χ1v) is 5.76. The van der Waals surface area contributed by atoms with Crippen LogP contribution in [0.3, 0.4) is 0 Å². The van der Waals surface area contributed by atoms with Crippen molar-refractivity contribution in [1.82, 2.24) is 4.90 Å². The largest absolute Gasteiger partial charge is 0.480 e. The number of carbonyl (C=O) groups excluding carboxylic acids is 1. The maximum absolute atomic E-state index is 12.1. The van der Waals surface area contributed by atoms with Gasteiger partial charge in [0.05, 0.1) is 11.8 Å². The van der Waals surface area contributed by atoms with E-state index in [0.29, 0.717) is 18.5 Å². The number of nitrogens with zero attached hydrogens (tertiary/aromatic N) is 1. The zero-order valence-corrected chi connectivity index (χ0v) is 9.46. The number of hydrogen-bond donors (Lipinski definition) is 1. The van der Waals surface area contributed by atoms with Crippen molar-refractivity contribution in [2.75, 3.05) is 6.54 Å². The van der Waals surface area contributed by atoms with Crippen LogP contribution >= 0.6 is 0 Å². The second kappa shape index (κ2) is 5.03. The Morgan fingerprint density at radius 3 is 2.82 bits per heavy atom. The van der Waals surface area contributed by atoms with Crippen molar-refractivity contribution in [1.29, 1.82) is 0 Å². The van der Waals surface area contributed by atoms with E-state index in [9.17, 15) is 9.59 Å². The maximum Gasteiger partial charge on any atom is 0.326 e. The maximum atomic E-state index is 12.1. The first-order chi connectivity index (χ1) is 8.20. The van der Waals surface area contributed by atoms with E-state index in [0.717, 1.165) is 19.3 Å². The van der Waals surface area contributed by atoms with Crippen molar-refractivity contribution >= 4 is 11.9 Å². The van der Waals surface area contributed by atoms with Gasteiger partial charge in [-0.25, -0.2) is 4.79 Å². The highest BCUT2D eigenvalue weighted by Gasteiger charge is 2.31. The molecular formula is C12H15NO4. The Morgan fingerprint density at radius 1 is 1.35 bits per heavy atom. The summed E-state index contributed by atoms with van der Waals surface area (Å²) in [4.78, 5) is 24.7. The SMILES string of the molecule is O=C(O)C1CCCCCN1C(=O)c1ccoc1. The molecule has 1 aromatic rings. The van der Waals surface area contributed by atoms with E-state index < -0.39 is 12.0 Å². The summed E-state index contributed by atoms with van der Waals surface area (Å²) in [6.45, 7) is 0.501. The van der Waals surface area contributed by atoms with Gasteiger partial charge in [0.2, 0.25) is 0 Å². The average molecular weight is 237 g/mol. The fourth-order valence-electron chi connectivity index (χ4n) is 2.16. The van der Waals surface area contributed by atoms with Crippen molar-refractivity contribution in [2.24, 2.45) is 0 Å². The third-order valence-corrected chi connectivity index (χ3v) is 3.07. The van der Waals surface area contributed by atoms with Gasteiger partial charge in [0.1, 0.15) is 12.3 Å². The van der Waals surface area contributed by atoms with E-state index in [-0.39, 0.29) is 5.91 Å². The average Bonchev–Trinajstić information content (AvgIpc) is 2.71. The van der Waals surface area contributed by atoms with Crippen LogP contribution in [0.2, 0.25) is 0 Å². The highest BCUT2D eigenvalue weighted by Crippen LogP contribution is 2.19. The Kier molecular flexibility index (Phi) is 3.46. The molecule has 17 heavy (non-hydrogen) atoms. The third-order valence-electron chi connectivity index (χ3n) is 3.07. The Labute approximate surface area is 99.0 Å². The summed E-state index contributed by atoms with van der Waals surface area (Å²) in [5, 5.41) is 9.16. The number of hydrogen-bond acceptors (Lipinski definition) is 3. The lowest BCUT2D eigenvalue weighted by atomic mass is 10.1. The molecule has 1 aromatic heterocycles. The first-order valence-electron chi connectivity index (χ1n) is 5.76. The summed E-state index contributed by atoms with van der Waals surface area (Å²) in [7, 11) is 0. The molecule has 0 bridgehead atoms. The highest BCUT2D eigenvalue weighted by molar-refractivity contribution is 5.96.